The molecule has 2 atom stereocenters. The molecular formula is C26H31N3O5S. The highest BCUT2D eigenvalue weighted by atomic mass is 32.2. The van der Waals surface area contributed by atoms with Gasteiger partial charge in [-0.15, -0.1) is 0 Å². The number of carbonyl (C=O) groups is 2. The third-order valence-electron chi connectivity index (χ3n) is 7.21. The van der Waals surface area contributed by atoms with Crippen molar-refractivity contribution in [3.63, 3.8) is 0 Å². The minimum atomic E-state index is -3.66. The quantitative estimate of drug-likeness (QED) is 0.607. The van der Waals surface area contributed by atoms with Crippen LogP contribution in [-0.2, 0) is 25.8 Å². The Kier molecular flexibility index (Phi) is 6.41. The van der Waals surface area contributed by atoms with Gasteiger partial charge in [0, 0.05) is 26.7 Å². The number of anilines is 1. The molecule has 186 valence electrons. The van der Waals surface area contributed by atoms with Crippen LogP contribution in [0.4, 0.5) is 5.69 Å². The zero-order valence-corrected chi connectivity index (χ0v) is 20.6. The molecule has 2 aromatic carbocycles. The van der Waals surface area contributed by atoms with E-state index in [4.69, 9.17) is 0 Å². The molecule has 1 saturated carbocycles. The number of likely N-dealkylation sites (N-methyl/N-ethyl adjacent to an activating group) is 1. The number of benzene rings is 2. The average molecular weight is 498 g/mol. The Morgan fingerprint density at radius 3 is 2.71 bits per heavy atom. The number of aliphatic hydroxyl groups excluding tert-OH is 1. The van der Waals surface area contributed by atoms with Gasteiger partial charge in [0.2, 0.25) is 11.8 Å². The molecule has 35 heavy (non-hydrogen) atoms. The Bertz CT molecular complexity index is 1260. The van der Waals surface area contributed by atoms with Crippen molar-refractivity contribution < 1.29 is 23.1 Å². The average Bonchev–Trinajstić information content (AvgIpc) is 3.58. The topological polar surface area (TPSA) is 107 Å². The molecule has 2 fully saturated rings. The van der Waals surface area contributed by atoms with Gasteiger partial charge in [0.05, 0.1) is 29.1 Å². The highest BCUT2D eigenvalue weighted by molar-refractivity contribution is 7.92. The van der Waals surface area contributed by atoms with Crippen molar-refractivity contribution in [2.75, 3.05) is 37.8 Å². The van der Waals surface area contributed by atoms with Gasteiger partial charge in [-0.2, -0.15) is 0 Å². The van der Waals surface area contributed by atoms with E-state index in [1.165, 1.54) is 24.5 Å². The van der Waals surface area contributed by atoms with Gasteiger partial charge in [-0.25, -0.2) is 8.42 Å². The van der Waals surface area contributed by atoms with Crippen LogP contribution in [0.2, 0.25) is 0 Å². The summed E-state index contributed by atoms with van der Waals surface area (Å²) in [5.41, 5.74) is 3.26. The molecule has 0 unspecified atom stereocenters. The van der Waals surface area contributed by atoms with Gasteiger partial charge < -0.3 is 15.3 Å². The number of likely N-dealkylation sites (tertiary alicyclic amines) is 1. The smallest absolute Gasteiger partial charge is 0.239 e. The Hall–Kier alpha value is -2.75. The van der Waals surface area contributed by atoms with Crippen molar-refractivity contribution in [1.29, 1.82) is 0 Å². The van der Waals surface area contributed by atoms with Gasteiger partial charge in [0.1, 0.15) is 5.75 Å². The SMILES string of the molecule is CN(C(=O)Cc1ccc2c(c1)NC(=O)CS2(=O)=O)[C@H](CN1CC[C@H](O)C1)c1cccc(C2CC2)c1. The van der Waals surface area contributed by atoms with Crippen LogP contribution in [0.3, 0.4) is 0 Å². The lowest BCUT2D eigenvalue weighted by atomic mass is 9.99. The van der Waals surface area contributed by atoms with Gasteiger partial charge in [-0.1, -0.05) is 30.3 Å². The number of β-amino-alcohol motifs (C(OH)–C–C–N with tert-alkyl or cyclic N) is 1. The molecule has 2 aromatic rings. The Labute approximate surface area is 205 Å². The van der Waals surface area contributed by atoms with E-state index in [0.29, 0.717) is 24.6 Å². The molecule has 2 aliphatic heterocycles. The first kappa shape index (κ1) is 24.0. The highest BCUT2D eigenvalue weighted by Gasteiger charge is 2.31. The van der Waals surface area contributed by atoms with Gasteiger partial charge in [0.15, 0.2) is 9.84 Å². The van der Waals surface area contributed by atoms with Crippen molar-refractivity contribution in [2.45, 2.75) is 48.6 Å². The number of nitrogens with one attached hydrogen (secondary N) is 1. The van der Waals surface area contributed by atoms with Crippen LogP contribution in [0.5, 0.6) is 0 Å². The number of fused-ring (bicyclic) bond motifs is 1. The van der Waals surface area contributed by atoms with E-state index in [0.717, 1.165) is 18.5 Å². The van der Waals surface area contributed by atoms with E-state index >= 15 is 0 Å². The highest BCUT2D eigenvalue weighted by Crippen LogP contribution is 2.41. The standard InChI is InChI=1S/C26H31N3O5S/c1-28(26(32)12-17-5-8-24-22(11-17)27-25(31)16-35(24,33)34)23(15-29-10-9-21(30)14-29)20-4-2-3-19(13-20)18-6-7-18/h2-5,8,11,13,18,21,23,30H,6-7,9-10,12,14-16H2,1H3,(H,27,31)/t21-,23+/m0/s1. The zero-order chi connectivity index (χ0) is 24.7. The summed E-state index contributed by atoms with van der Waals surface area (Å²) < 4.78 is 24.6. The predicted molar refractivity (Wildman–Crippen MR) is 132 cm³/mol. The Morgan fingerprint density at radius 2 is 2.00 bits per heavy atom. The number of carbonyl (C=O) groups excluding carboxylic acids is 2. The van der Waals surface area contributed by atoms with Gasteiger partial charge >= 0.3 is 0 Å². The molecule has 1 aliphatic carbocycles. The summed E-state index contributed by atoms with van der Waals surface area (Å²) in [5, 5.41) is 12.6. The van der Waals surface area contributed by atoms with Crippen molar-refractivity contribution in [2.24, 2.45) is 0 Å². The van der Waals surface area contributed by atoms with Crippen molar-refractivity contribution in [3.05, 3.63) is 59.2 Å². The molecule has 0 radical (unpaired) electrons. The summed E-state index contributed by atoms with van der Waals surface area (Å²) in [5.74, 6) is -0.626. The van der Waals surface area contributed by atoms with Crippen LogP contribution in [-0.4, -0.2) is 73.7 Å². The zero-order valence-electron chi connectivity index (χ0n) is 19.8. The maximum atomic E-state index is 13.4. The summed E-state index contributed by atoms with van der Waals surface area (Å²) in [6.45, 7) is 2.02. The molecule has 5 rings (SSSR count). The molecular weight excluding hydrogens is 466 g/mol. The van der Waals surface area contributed by atoms with Crippen molar-refractivity contribution in [1.82, 2.24) is 9.80 Å². The van der Waals surface area contributed by atoms with E-state index in [-0.39, 0.29) is 35.1 Å². The van der Waals surface area contributed by atoms with Crippen LogP contribution in [0.25, 0.3) is 0 Å². The van der Waals surface area contributed by atoms with Gasteiger partial charge in [-0.05, 0) is 54.0 Å². The Morgan fingerprint density at radius 1 is 1.20 bits per heavy atom. The van der Waals surface area contributed by atoms with Crippen LogP contribution in [0.1, 0.15) is 47.9 Å². The van der Waals surface area contributed by atoms with Crippen LogP contribution >= 0.6 is 0 Å². The van der Waals surface area contributed by atoms with E-state index in [1.54, 1.807) is 24.1 Å². The minimum Gasteiger partial charge on any atom is -0.392 e. The lowest BCUT2D eigenvalue weighted by Crippen LogP contribution is -2.39. The number of aliphatic hydroxyl groups is 1. The lowest BCUT2D eigenvalue weighted by molar-refractivity contribution is -0.131. The van der Waals surface area contributed by atoms with Crippen LogP contribution in [0, 0.1) is 0 Å². The number of hydrogen-bond donors (Lipinski definition) is 2. The maximum Gasteiger partial charge on any atom is 0.239 e. The lowest BCUT2D eigenvalue weighted by Gasteiger charge is -2.32. The second-order valence-electron chi connectivity index (χ2n) is 9.98. The fraction of sp³-hybridized carbons (Fsp3) is 0.462. The molecule has 2 heterocycles. The molecule has 2 N–H and O–H groups in total. The minimum absolute atomic E-state index is 0.0845. The normalized spacial score (nSPS) is 22.3. The van der Waals surface area contributed by atoms with E-state index in [1.807, 2.05) is 0 Å². The van der Waals surface area contributed by atoms with Gasteiger partial charge in [-0.3, -0.25) is 14.5 Å². The first-order chi connectivity index (χ1) is 16.7. The number of rotatable bonds is 7. The summed E-state index contributed by atoms with van der Waals surface area (Å²) in [6.07, 6.45) is 2.88. The third kappa shape index (κ3) is 5.27. The summed E-state index contributed by atoms with van der Waals surface area (Å²) in [7, 11) is -1.86. The van der Waals surface area contributed by atoms with Gasteiger partial charge in [0.25, 0.3) is 0 Å². The second-order valence-corrected chi connectivity index (χ2v) is 11.9. The molecule has 2 amide bonds. The molecule has 9 heteroatoms. The first-order valence-electron chi connectivity index (χ1n) is 12.1. The fourth-order valence-electron chi connectivity index (χ4n) is 5.08. The van der Waals surface area contributed by atoms with E-state index in [9.17, 15) is 23.1 Å². The molecule has 1 saturated heterocycles. The fourth-order valence-corrected chi connectivity index (χ4v) is 6.37. The molecule has 0 bridgehead atoms. The van der Waals surface area contributed by atoms with Crippen LogP contribution < -0.4 is 5.32 Å². The number of amides is 2. The van der Waals surface area contributed by atoms with Crippen molar-refractivity contribution in [3.8, 4) is 0 Å². The molecule has 8 nitrogen and oxygen atoms in total. The number of sulfone groups is 1. The molecule has 0 spiro atoms. The maximum absolute atomic E-state index is 13.4. The van der Waals surface area contributed by atoms with Crippen molar-refractivity contribution >= 4 is 27.3 Å². The summed E-state index contributed by atoms with van der Waals surface area (Å²) in [6, 6.07) is 13.0. The number of hydrogen-bond acceptors (Lipinski definition) is 6. The predicted octanol–water partition coefficient (Wildman–Crippen LogP) is 2.10. The molecule has 0 aromatic heterocycles. The number of nitrogens with zero attached hydrogens (tertiary/aromatic N) is 2. The molecule has 3 aliphatic rings. The van der Waals surface area contributed by atoms with E-state index in [2.05, 4.69) is 34.5 Å². The Balaban J connectivity index is 1.37. The first-order valence-corrected chi connectivity index (χ1v) is 13.8. The monoisotopic (exact) mass is 497 g/mol. The second kappa shape index (κ2) is 9.37. The summed E-state index contributed by atoms with van der Waals surface area (Å²) in [4.78, 5) is 29.3. The third-order valence-corrected chi connectivity index (χ3v) is 8.88. The van der Waals surface area contributed by atoms with Crippen LogP contribution in [0.15, 0.2) is 47.4 Å². The van der Waals surface area contributed by atoms with E-state index < -0.39 is 21.5 Å². The largest absolute Gasteiger partial charge is 0.392 e. The summed E-state index contributed by atoms with van der Waals surface area (Å²) >= 11 is 0.